The third kappa shape index (κ3) is 5.97. The maximum Gasteiger partial charge on any atom is 0.246 e. The molecule has 1 aromatic carbocycles. The standard InChI is InChI=1S/C32H37ClFN7O2/c1-8-26(43)39-15-20(5)41(21(6)16-39)31(36-7)22-14-23(33)29(27-24(34)10-9-11-25(27)35)38-32(22)40(17-42)30-19(4)12-13-37-28(30)18(2)3/h8-14,17-18,20-21H,1,15-16,35H2,2-7H3/t20-,21?/m0/s1. The smallest absolute Gasteiger partial charge is 0.246 e. The van der Waals surface area contributed by atoms with Crippen molar-refractivity contribution < 1.29 is 14.0 Å². The van der Waals surface area contributed by atoms with Crippen molar-refractivity contribution in [3.05, 3.63) is 76.8 Å². The molecule has 1 fully saturated rings. The van der Waals surface area contributed by atoms with Crippen molar-refractivity contribution in [3.8, 4) is 11.3 Å². The van der Waals surface area contributed by atoms with Crippen molar-refractivity contribution in [2.75, 3.05) is 30.8 Å². The molecule has 43 heavy (non-hydrogen) atoms. The summed E-state index contributed by atoms with van der Waals surface area (Å²) in [5.74, 6) is -0.0568. The SMILES string of the molecule is C=CC(=O)N1CC(C)N(C(=NC)c2cc(Cl)c(-c3c(N)cccc3F)nc2N(C=O)c2c(C)ccnc2C(C)C)[C@@H](C)C1. The first kappa shape index (κ1) is 31.6. The number of anilines is 3. The van der Waals surface area contributed by atoms with Crippen LogP contribution in [-0.4, -0.2) is 70.1 Å². The predicted molar refractivity (Wildman–Crippen MR) is 170 cm³/mol. The van der Waals surface area contributed by atoms with Crippen molar-refractivity contribution in [3.63, 3.8) is 0 Å². The van der Waals surface area contributed by atoms with Crippen molar-refractivity contribution >= 4 is 46.9 Å². The van der Waals surface area contributed by atoms with Gasteiger partial charge in [-0.25, -0.2) is 9.37 Å². The van der Waals surface area contributed by atoms with E-state index in [0.717, 1.165) is 5.56 Å². The number of nitrogens with two attached hydrogens (primary N) is 1. The lowest BCUT2D eigenvalue weighted by molar-refractivity contribution is -0.129. The van der Waals surface area contributed by atoms with Crippen LogP contribution in [0.15, 0.2) is 54.2 Å². The Morgan fingerprint density at radius 2 is 1.93 bits per heavy atom. The maximum absolute atomic E-state index is 15.2. The Hall–Kier alpha value is -4.31. The number of nitrogens with zero attached hydrogens (tertiary/aromatic N) is 6. The van der Waals surface area contributed by atoms with E-state index in [4.69, 9.17) is 22.3 Å². The Morgan fingerprint density at radius 3 is 2.49 bits per heavy atom. The van der Waals surface area contributed by atoms with Crippen LogP contribution in [0, 0.1) is 12.7 Å². The highest BCUT2D eigenvalue weighted by Crippen LogP contribution is 2.40. The van der Waals surface area contributed by atoms with E-state index in [1.807, 2.05) is 40.7 Å². The summed E-state index contributed by atoms with van der Waals surface area (Å²) >= 11 is 6.84. The molecular formula is C32H37ClFN7O2. The van der Waals surface area contributed by atoms with Gasteiger partial charge in [0.05, 0.1) is 33.2 Å². The average Bonchev–Trinajstić information content (AvgIpc) is 2.96. The minimum absolute atomic E-state index is 0.0235. The van der Waals surface area contributed by atoms with Gasteiger partial charge in [-0.1, -0.05) is 38.1 Å². The summed E-state index contributed by atoms with van der Waals surface area (Å²) in [5.41, 5.74) is 8.99. The summed E-state index contributed by atoms with van der Waals surface area (Å²) in [6, 6.07) is 7.50. The fourth-order valence-electron chi connectivity index (χ4n) is 5.73. The van der Waals surface area contributed by atoms with Crippen molar-refractivity contribution in [2.45, 2.75) is 52.6 Å². The second-order valence-electron chi connectivity index (χ2n) is 11.0. The zero-order chi connectivity index (χ0) is 31.6. The second kappa shape index (κ2) is 12.9. The van der Waals surface area contributed by atoms with Gasteiger partial charge in [0.1, 0.15) is 11.7 Å². The first-order valence-corrected chi connectivity index (χ1v) is 14.4. The number of carbonyl (C=O) groups is 2. The Kier molecular flexibility index (Phi) is 9.49. The molecule has 0 saturated carbocycles. The van der Waals surface area contributed by atoms with E-state index >= 15 is 4.39 Å². The van der Waals surface area contributed by atoms with Gasteiger partial charge in [0.25, 0.3) is 0 Å². The van der Waals surface area contributed by atoms with Crippen molar-refractivity contribution in [1.29, 1.82) is 0 Å². The number of amidine groups is 1. The second-order valence-corrected chi connectivity index (χ2v) is 11.4. The summed E-state index contributed by atoms with van der Waals surface area (Å²) in [7, 11) is 1.65. The lowest BCUT2D eigenvalue weighted by Crippen LogP contribution is -2.59. The molecule has 3 heterocycles. The van der Waals surface area contributed by atoms with Crippen LogP contribution in [0.4, 0.5) is 21.6 Å². The van der Waals surface area contributed by atoms with E-state index in [1.165, 1.54) is 23.1 Å². The first-order valence-electron chi connectivity index (χ1n) is 14.1. The number of aryl methyl sites for hydroxylation is 1. The number of hydrogen-bond donors (Lipinski definition) is 1. The Labute approximate surface area is 256 Å². The monoisotopic (exact) mass is 605 g/mol. The highest BCUT2D eigenvalue weighted by atomic mass is 35.5. The van der Waals surface area contributed by atoms with Crippen LogP contribution in [0.5, 0.6) is 0 Å². The third-order valence-corrected chi connectivity index (χ3v) is 7.90. The molecule has 0 radical (unpaired) electrons. The van der Waals surface area contributed by atoms with E-state index in [1.54, 1.807) is 30.3 Å². The number of amides is 2. The number of rotatable bonds is 7. The largest absolute Gasteiger partial charge is 0.398 e. The molecule has 0 bridgehead atoms. The lowest BCUT2D eigenvalue weighted by atomic mass is 10.0. The molecule has 2 amide bonds. The molecule has 2 N–H and O–H groups in total. The van der Waals surface area contributed by atoms with Gasteiger partial charge >= 0.3 is 0 Å². The molecule has 2 atom stereocenters. The number of nitrogen functional groups attached to an aromatic ring is 1. The zero-order valence-corrected chi connectivity index (χ0v) is 26.1. The summed E-state index contributed by atoms with van der Waals surface area (Å²) < 4.78 is 15.2. The molecule has 1 aliphatic heterocycles. The number of benzene rings is 1. The highest BCUT2D eigenvalue weighted by molar-refractivity contribution is 6.34. The molecule has 3 aromatic rings. The fraction of sp³-hybridized carbons (Fsp3) is 0.344. The van der Waals surface area contributed by atoms with E-state index in [0.29, 0.717) is 42.3 Å². The minimum Gasteiger partial charge on any atom is -0.398 e. The average molecular weight is 606 g/mol. The Morgan fingerprint density at radius 1 is 1.26 bits per heavy atom. The van der Waals surface area contributed by atoms with Crippen LogP contribution in [0.2, 0.25) is 5.02 Å². The summed E-state index contributed by atoms with van der Waals surface area (Å²) in [6.07, 6.45) is 3.68. The molecular weight excluding hydrogens is 569 g/mol. The van der Waals surface area contributed by atoms with Gasteiger partial charge in [0, 0.05) is 44.1 Å². The van der Waals surface area contributed by atoms with Gasteiger partial charge in [-0.2, -0.15) is 0 Å². The van der Waals surface area contributed by atoms with Crippen LogP contribution in [0.1, 0.15) is 50.4 Å². The van der Waals surface area contributed by atoms with Gasteiger partial charge in [0.2, 0.25) is 12.3 Å². The zero-order valence-electron chi connectivity index (χ0n) is 25.3. The lowest BCUT2D eigenvalue weighted by Gasteiger charge is -2.46. The molecule has 1 unspecified atom stereocenters. The minimum atomic E-state index is -0.596. The van der Waals surface area contributed by atoms with E-state index in [9.17, 15) is 9.59 Å². The van der Waals surface area contributed by atoms with E-state index in [2.05, 4.69) is 21.5 Å². The molecule has 4 rings (SSSR count). The number of aliphatic imine (C=N–C) groups is 1. The summed E-state index contributed by atoms with van der Waals surface area (Å²) in [4.78, 5) is 44.8. The third-order valence-electron chi connectivity index (χ3n) is 7.62. The molecule has 1 saturated heterocycles. The summed E-state index contributed by atoms with van der Waals surface area (Å²) in [5, 5.41) is 0.135. The highest BCUT2D eigenvalue weighted by Gasteiger charge is 2.36. The number of carbonyl (C=O) groups excluding carboxylic acids is 2. The molecule has 9 nitrogen and oxygen atoms in total. The number of piperazine rings is 1. The van der Waals surface area contributed by atoms with Crippen LogP contribution in [-0.2, 0) is 9.59 Å². The molecule has 2 aromatic heterocycles. The normalized spacial score (nSPS) is 17.3. The Bertz CT molecular complexity index is 1560. The van der Waals surface area contributed by atoms with Crippen LogP contribution >= 0.6 is 11.6 Å². The number of halogens is 2. The summed E-state index contributed by atoms with van der Waals surface area (Å²) in [6.45, 7) is 14.3. The van der Waals surface area contributed by atoms with Gasteiger partial charge in [-0.15, -0.1) is 0 Å². The van der Waals surface area contributed by atoms with Crippen molar-refractivity contribution in [2.24, 2.45) is 4.99 Å². The van der Waals surface area contributed by atoms with Gasteiger partial charge in [-0.05, 0) is 62.6 Å². The molecule has 0 spiro atoms. The molecule has 0 aliphatic carbocycles. The Balaban J connectivity index is 2.01. The maximum atomic E-state index is 15.2. The predicted octanol–water partition coefficient (Wildman–Crippen LogP) is 5.73. The van der Waals surface area contributed by atoms with Crippen molar-refractivity contribution in [1.82, 2.24) is 19.8 Å². The first-order chi connectivity index (χ1) is 20.4. The number of aromatic nitrogens is 2. The quantitative estimate of drug-likeness (QED) is 0.121. The molecule has 1 aliphatic rings. The number of hydrogen-bond acceptors (Lipinski definition) is 6. The van der Waals surface area contributed by atoms with Crippen LogP contribution in [0.3, 0.4) is 0 Å². The van der Waals surface area contributed by atoms with Gasteiger partial charge in [0.15, 0.2) is 5.82 Å². The topological polar surface area (TPSA) is 108 Å². The van der Waals surface area contributed by atoms with Gasteiger partial charge < -0.3 is 15.5 Å². The number of pyridine rings is 2. The van der Waals surface area contributed by atoms with E-state index < -0.39 is 5.82 Å². The van der Waals surface area contributed by atoms with Crippen LogP contribution in [0.25, 0.3) is 11.3 Å². The fourth-order valence-corrected chi connectivity index (χ4v) is 5.98. The van der Waals surface area contributed by atoms with Gasteiger partial charge in [-0.3, -0.25) is 24.5 Å². The van der Waals surface area contributed by atoms with Crippen LogP contribution < -0.4 is 10.6 Å². The van der Waals surface area contributed by atoms with E-state index in [-0.39, 0.29) is 51.7 Å². The molecule has 226 valence electrons. The molecule has 11 heteroatoms.